The summed E-state index contributed by atoms with van der Waals surface area (Å²) >= 11 is 6.63. The summed E-state index contributed by atoms with van der Waals surface area (Å²) in [5.41, 5.74) is 0.0154. The molecule has 0 unspecified atom stereocenters. The smallest absolute Gasteiger partial charge is 0.353 e. The number of carbonyl (C=O) groups excluding carboxylic acids is 1. The van der Waals surface area contributed by atoms with Gasteiger partial charge in [-0.15, -0.1) is 0 Å². The number of aliphatic carboxylic acids is 1. The Bertz CT molecular complexity index is 576. The fourth-order valence-corrected chi connectivity index (χ4v) is 4.66. The third-order valence-corrected chi connectivity index (χ3v) is 6.21. The monoisotopic (exact) mass is 358 g/mol. The number of thioether (sulfide) groups is 1. The van der Waals surface area contributed by atoms with E-state index >= 15 is 0 Å². The summed E-state index contributed by atoms with van der Waals surface area (Å²) in [4.78, 5) is 27.7. The minimum Gasteiger partial charge on any atom is -0.477 e. The Balaban J connectivity index is 2.29. The van der Waals surface area contributed by atoms with Gasteiger partial charge in [-0.1, -0.05) is 37.8 Å². The Hall–Kier alpha value is -1.12. The minimum absolute atomic E-state index is 0.0154. The number of thiocarbonyl (C=S) groups is 1. The largest absolute Gasteiger partial charge is 0.477 e. The third-order valence-electron chi connectivity index (χ3n) is 4.38. The molecule has 0 aromatic carbocycles. The molecule has 0 radical (unpaired) electrons. The molecule has 8 heteroatoms. The Morgan fingerprint density at radius 1 is 1.52 bits per heavy atom. The average Bonchev–Trinajstić information content (AvgIpc) is 2.69. The van der Waals surface area contributed by atoms with E-state index in [0.29, 0.717) is 9.23 Å². The van der Waals surface area contributed by atoms with E-state index in [-0.39, 0.29) is 23.6 Å². The first-order valence-corrected chi connectivity index (χ1v) is 8.86. The molecule has 0 aliphatic carbocycles. The van der Waals surface area contributed by atoms with Gasteiger partial charge in [0.05, 0.1) is 18.1 Å². The second-order valence-electron chi connectivity index (χ2n) is 6.06. The molecular weight excluding hydrogens is 336 g/mol. The number of hydrogen-bond acceptors (Lipinski definition) is 5. The number of carbonyl (C=O) groups is 2. The first-order valence-electron chi connectivity index (χ1n) is 7.63. The second kappa shape index (κ2) is 6.78. The number of hydrogen-bond donors (Lipinski definition) is 2. The molecule has 4 atom stereocenters. The zero-order valence-corrected chi connectivity index (χ0v) is 15.3. The number of rotatable bonds is 5. The van der Waals surface area contributed by atoms with Crippen molar-refractivity contribution in [2.45, 2.75) is 39.3 Å². The topological polar surface area (TPSA) is 81.1 Å². The van der Waals surface area contributed by atoms with Crippen molar-refractivity contribution in [1.82, 2.24) is 9.80 Å². The normalized spacial score (nSPS) is 27.6. The molecule has 1 amide bonds. The van der Waals surface area contributed by atoms with E-state index in [9.17, 15) is 19.8 Å². The van der Waals surface area contributed by atoms with Crippen LogP contribution in [0.15, 0.2) is 10.6 Å². The van der Waals surface area contributed by atoms with E-state index in [1.54, 1.807) is 6.92 Å². The molecule has 0 spiro atoms. The molecule has 0 aromatic heterocycles. The van der Waals surface area contributed by atoms with E-state index in [4.69, 9.17) is 12.2 Å². The highest BCUT2D eigenvalue weighted by Crippen LogP contribution is 2.50. The van der Waals surface area contributed by atoms with Gasteiger partial charge in [0.15, 0.2) is 0 Å². The molecule has 128 valence electrons. The van der Waals surface area contributed by atoms with Crippen LogP contribution in [0.3, 0.4) is 0 Å². The van der Waals surface area contributed by atoms with Gasteiger partial charge >= 0.3 is 5.97 Å². The standard InChI is InChI=1S/C15H22N2O4S2/c1-5-6-16(4)15(22)23-12-7(2)10-9(8(3)18)13(19)17(10)11(12)14(20)21/h7-10,18H,5-6H2,1-4H3,(H,20,21)/t7-,8-,9-,10-/m1/s1. The Kier molecular flexibility index (Phi) is 5.37. The first kappa shape index (κ1) is 18.2. The van der Waals surface area contributed by atoms with Crippen LogP contribution < -0.4 is 0 Å². The lowest BCUT2D eigenvalue weighted by molar-refractivity contribution is -0.163. The van der Waals surface area contributed by atoms with Crippen molar-refractivity contribution in [3.63, 3.8) is 0 Å². The number of nitrogens with zero attached hydrogens (tertiary/aromatic N) is 2. The van der Waals surface area contributed by atoms with Crippen LogP contribution in [0, 0.1) is 11.8 Å². The van der Waals surface area contributed by atoms with E-state index < -0.39 is 18.0 Å². The van der Waals surface area contributed by atoms with Crippen molar-refractivity contribution in [1.29, 1.82) is 0 Å². The number of amides is 1. The van der Waals surface area contributed by atoms with Crippen LogP contribution in [0.25, 0.3) is 0 Å². The van der Waals surface area contributed by atoms with Crippen LogP contribution in [-0.2, 0) is 9.59 Å². The molecule has 2 rings (SSSR count). The summed E-state index contributed by atoms with van der Waals surface area (Å²) in [5, 5.41) is 19.3. The number of carboxylic acids is 1. The van der Waals surface area contributed by atoms with Gasteiger partial charge in [0.2, 0.25) is 5.91 Å². The fourth-order valence-electron chi connectivity index (χ4n) is 3.26. The van der Waals surface area contributed by atoms with Crippen LogP contribution in [0.5, 0.6) is 0 Å². The minimum atomic E-state index is -1.12. The van der Waals surface area contributed by atoms with E-state index in [1.807, 2.05) is 25.8 Å². The molecule has 2 N–H and O–H groups in total. The number of β-lactam (4-membered cyclic amide) rings is 1. The van der Waals surface area contributed by atoms with Gasteiger partial charge in [-0.05, 0) is 13.3 Å². The van der Waals surface area contributed by atoms with Crippen LogP contribution in [0.1, 0.15) is 27.2 Å². The lowest BCUT2D eigenvalue weighted by atomic mass is 9.79. The number of carboxylic acid groups (broad SMARTS) is 1. The average molecular weight is 358 g/mol. The van der Waals surface area contributed by atoms with Gasteiger partial charge in [-0.2, -0.15) is 0 Å². The van der Waals surface area contributed by atoms with Crippen LogP contribution in [-0.4, -0.2) is 61.9 Å². The van der Waals surface area contributed by atoms with Crippen molar-refractivity contribution in [3.8, 4) is 0 Å². The molecule has 1 fully saturated rings. The van der Waals surface area contributed by atoms with E-state index in [2.05, 4.69) is 0 Å². The highest BCUT2D eigenvalue weighted by Gasteiger charge is 2.60. The first-order chi connectivity index (χ1) is 10.7. The third kappa shape index (κ3) is 2.99. The molecule has 0 aromatic rings. The molecule has 2 heterocycles. The maximum Gasteiger partial charge on any atom is 0.353 e. The fraction of sp³-hybridized carbons (Fsp3) is 0.667. The summed E-state index contributed by atoms with van der Waals surface area (Å²) in [6.45, 7) is 6.29. The number of aliphatic hydroxyl groups is 1. The lowest BCUT2D eigenvalue weighted by Gasteiger charge is -2.46. The molecule has 2 aliphatic heterocycles. The second-order valence-corrected chi connectivity index (χ2v) is 7.74. The maximum absolute atomic E-state index is 12.2. The van der Waals surface area contributed by atoms with Gasteiger partial charge in [-0.3, -0.25) is 4.79 Å². The SMILES string of the molecule is CCCN(C)C(=S)SC1=C(C(=O)O)N2C(=O)[C@H]([C@@H](C)O)[C@H]2[C@H]1C. The van der Waals surface area contributed by atoms with Crippen molar-refractivity contribution in [3.05, 3.63) is 10.6 Å². The molecule has 6 nitrogen and oxygen atoms in total. The number of aliphatic hydroxyl groups excluding tert-OH is 1. The zero-order valence-electron chi connectivity index (χ0n) is 13.6. The van der Waals surface area contributed by atoms with Gasteiger partial charge in [0.1, 0.15) is 10.0 Å². The van der Waals surface area contributed by atoms with Crippen molar-refractivity contribution < 1.29 is 19.8 Å². The molecule has 2 aliphatic rings. The van der Waals surface area contributed by atoms with Crippen molar-refractivity contribution >= 4 is 40.2 Å². The lowest BCUT2D eigenvalue weighted by Crippen LogP contribution is -2.63. The molecule has 0 saturated carbocycles. The summed E-state index contributed by atoms with van der Waals surface area (Å²) in [6, 6.07) is -0.296. The molecule has 1 saturated heterocycles. The van der Waals surface area contributed by atoms with Crippen LogP contribution in [0.2, 0.25) is 0 Å². The Morgan fingerprint density at radius 3 is 2.61 bits per heavy atom. The van der Waals surface area contributed by atoms with Crippen molar-refractivity contribution in [2.24, 2.45) is 11.8 Å². The quantitative estimate of drug-likeness (QED) is 0.569. The van der Waals surface area contributed by atoms with Crippen LogP contribution in [0.4, 0.5) is 0 Å². The Labute approximate surface area is 145 Å². The van der Waals surface area contributed by atoms with Crippen LogP contribution >= 0.6 is 24.0 Å². The maximum atomic E-state index is 12.2. The highest BCUT2D eigenvalue weighted by atomic mass is 32.2. The predicted molar refractivity (Wildman–Crippen MR) is 92.7 cm³/mol. The van der Waals surface area contributed by atoms with Gasteiger partial charge in [0.25, 0.3) is 0 Å². The molecule has 23 heavy (non-hydrogen) atoms. The summed E-state index contributed by atoms with van der Waals surface area (Å²) in [7, 11) is 1.87. The molecular formula is C15H22N2O4S2. The highest BCUT2D eigenvalue weighted by molar-refractivity contribution is 8.25. The van der Waals surface area contributed by atoms with E-state index in [0.717, 1.165) is 13.0 Å². The Morgan fingerprint density at radius 2 is 2.13 bits per heavy atom. The summed E-state index contributed by atoms with van der Waals surface area (Å²) < 4.78 is 0.594. The summed E-state index contributed by atoms with van der Waals surface area (Å²) in [5.74, 6) is -2.14. The predicted octanol–water partition coefficient (Wildman–Crippen LogP) is 1.50. The summed E-state index contributed by atoms with van der Waals surface area (Å²) in [6.07, 6.45) is 0.148. The van der Waals surface area contributed by atoms with Crippen molar-refractivity contribution in [2.75, 3.05) is 13.6 Å². The number of fused-ring (bicyclic) bond motifs is 1. The molecule has 0 bridgehead atoms. The zero-order chi connectivity index (χ0) is 17.5. The van der Waals surface area contributed by atoms with Gasteiger partial charge in [-0.25, -0.2) is 4.79 Å². The van der Waals surface area contributed by atoms with E-state index in [1.165, 1.54) is 16.7 Å². The van der Waals surface area contributed by atoms with Gasteiger partial charge in [0, 0.05) is 24.4 Å². The van der Waals surface area contributed by atoms with Gasteiger partial charge < -0.3 is 20.0 Å².